The number of hydrogen-bond acceptors (Lipinski definition) is 9. The van der Waals surface area contributed by atoms with Crippen LogP contribution in [0.2, 0.25) is 0 Å². The SMILES string of the molecule is C[C@H](Nc1nc(N)nc(N)c1C#N)c1nc2cccc(C(N)=O)c2c(=O)n1-c1ccccc1. The fraction of sp³-hybridized carbons (Fsp3) is 0.0909. The normalized spacial score (nSPS) is 11.6. The minimum Gasteiger partial charge on any atom is -0.382 e. The molecule has 33 heavy (non-hydrogen) atoms. The predicted molar refractivity (Wildman–Crippen MR) is 123 cm³/mol. The van der Waals surface area contributed by atoms with Crippen LogP contribution in [0.1, 0.15) is 34.7 Å². The molecule has 0 fully saturated rings. The molecule has 11 nitrogen and oxygen atoms in total. The summed E-state index contributed by atoms with van der Waals surface area (Å²) in [5, 5.41) is 12.6. The van der Waals surface area contributed by atoms with Crippen molar-refractivity contribution >= 4 is 34.4 Å². The highest BCUT2D eigenvalue weighted by Gasteiger charge is 2.22. The Bertz CT molecular complexity index is 1490. The molecule has 0 aliphatic carbocycles. The van der Waals surface area contributed by atoms with E-state index in [1.807, 2.05) is 12.1 Å². The summed E-state index contributed by atoms with van der Waals surface area (Å²) in [4.78, 5) is 38.1. The molecule has 0 spiro atoms. The van der Waals surface area contributed by atoms with Crippen molar-refractivity contribution in [3.8, 4) is 11.8 Å². The number of anilines is 3. The van der Waals surface area contributed by atoms with Crippen LogP contribution in [0.5, 0.6) is 0 Å². The molecule has 1 atom stereocenters. The quantitative estimate of drug-likeness (QED) is 0.355. The first-order chi connectivity index (χ1) is 15.8. The van der Waals surface area contributed by atoms with E-state index in [9.17, 15) is 14.9 Å². The van der Waals surface area contributed by atoms with Gasteiger partial charge in [0.15, 0.2) is 5.82 Å². The maximum absolute atomic E-state index is 13.6. The number of carbonyl (C=O) groups excluding carboxylic acids is 1. The van der Waals surface area contributed by atoms with Crippen LogP contribution in [-0.2, 0) is 0 Å². The molecule has 2 heterocycles. The second-order valence-electron chi connectivity index (χ2n) is 7.18. The Morgan fingerprint density at radius 3 is 2.48 bits per heavy atom. The third kappa shape index (κ3) is 3.77. The molecule has 4 rings (SSSR count). The van der Waals surface area contributed by atoms with Crippen LogP contribution in [0.25, 0.3) is 16.6 Å². The molecule has 164 valence electrons. The van der Waals surface area contributed by atoms with Gasteiger partial charge in [-0.1, -0.05) is 24.3 Å². The monoisotopic (exact) mass is 441 g/mol. The number of amides is 1. The minimum absolute atomic E-state index is 0.0152. The maximum atomic E-state index is 13.6. The fourth-order valence-corrected chi connectivity index (χ4v) is 3.55. The number of rotatable bonds is 5. The Morgan fingerprint density at radius 2 is 1.82 bits per heavy atom. The molecule has 11 heteroatoms. The van der Waals surface area contributed by atoms with Gasteiger partial charge in [0.25, 0.3) is 5.56 Å². The van der Waals surface area contributed by atoms with E-state index in [-0.39, 0.29) is 34.1 Å². The third-order valence-corrected chi connectivity index (χ3v) is 5.01. The number of hydrogen-bond donors (Lipinski definition) is 4. The Morgan fingerprint density at radius 1 is 1.09 bits per heavy atom. The molecule has 1 amide bonds. The standard InChI is InChI=1S/C22H19N9O2/c1-11(27-19-14(10-23)17(24)29-22(26)30-19)20-28-15-9-5-8-13(18(25)32)16(15)21(33)31(20)12-6-3-2-4-7-12/h2-9,11H,1H3,(H2,25,32)(H5,24,26,27,29,30)/t11-/m0/s1. The van der Waals surface area contributed by atoms with Gasteiger partial charge in [-0.25, -0.2) is 4.98 Å². The summed E-state index contributed by atoms with van der Waals surface area (Å²) < 4.78 is 1.38. The molecule has 2 aromatic heterocycles. The van der Waals surface area contributed by atoms with Crippen molar-refractivity contribution in [2.45, 2.75) is 13.0 Å². The Labute approximate surface area is 187 Å². The molecular weight excluding hydrogens is 422 g/mol. The zero-order valence-corrected chi connectivity index (χ0v) is 17.5. The van der Waals surface area contributed by atoms with Gasteiger partial charge in [0.2, 0.25) is 11.9 Å². The highest BCUT2D eigenvalue weighted by molar-refractivity contribution is 6.05. The second-order valence-corrected chi connectivity index (χ2v) is 7.18. The summed E-state index contributed by atoms with van der Waals surface area (Å²) in [6, 6.07) is 14.8. The van der Waals surface area contributed by atoms with Crippen molar-refractivity contribution in [1.82, 2.24) is 19.5 Å². The fourth-order valence-electron chi connectivity index (χ4n) is 3.55. The Hall–Kier alpha value is -4.98. The van der Waals surface area contributed by atoms with Gasteiger partial charge in [-0.2, -0.15) is 15.2 Å². The van der Waals surface area contributed by atoms with Gasteiger partial charge >= 0.3 is 0 Å². The topological polar surface area (TPSA) is 192 Å². The lowest BCUT2D eigenvalue weighted by Crippen LogP contribution is -2.29. The number of carbonyl (C=O) groups is 1. The minimum atomic E-state index is -0.733. The average molecular weight is 441 g/mol. The Balaban J connectivity index is 1.97. The molecule has 0 unspecified atom stereocenters. The van der Waals surface area contributed by atoms with Crippen LogP contribution >= 0.6 is 0 Å². The van der Waals surface area contributed by atoms with Crippen molar-refractivity contribution < 1.29 is 4.79 Å². The Kier molecular flexibility index (Phi) is 5.33. The molecule has 2 aromatic carbocycles. The number of nitriles is 1. The summed E-state index contributed by atoms with van der Waals surface area (Å²) in [6.07, 6.45) is 0. The van der Waals surface area contributed by atoms with Gasteiger partial charge in [0, 0.05) is 0 Å². The van der Waals surface area contributed by atoms with E-state index in [0.29, 0.717) is 17.0 Å². The number of nitrogens with zero attached hydrogens (tertiary/aromatic N) is 5. The molecule has 0 aliphatic rings. The summed E-state index contributed by atoms with van der Waals surface area (Å²) in [5.41, 5.74) is 17.5. The van der Waals surface area contributed by atoms with E-state index in [1.165, 1.54) is 10.6 Å². The lowest BCUT2D eigenvalue weighted by atomic mass is 10.1. The number of nitrogens with two attached hydrogens (primary N) is 3. The zero-order valence-electron chi connectivity index (χ0n) is 17.5. The predicted octanol–water partition coefficient (Wildman–Crippen LogP) is 1.48. The molecule has 0 bridgehead atoms. The number of nitrogen functional groups attached to an aromatic ring is 2. The first-order valence-corrected chi connectivity index (χ1v) is 9.82. The van der Waals surface area contributed by atoms with Crippen LogP contribution in [0.4, 0.5) is 17.6 Å². The van der Waals surface area contributed by atoms with Crippen LogP contribution < -0.4 is 28.1 Å². The van der Waals surface area contributed by atoms with Crippen LogP contribution in [0.3, 0.4) is 0 Å². The smallest absolute Gasteiger partial charge is 0.266 e. The van der Waals surface area contributed by atoms with Crippen LogP contribution in [-0.4, -0.2) is 25.4 Å². The van der Waals surface area contributed by atoms with Gasteiger partial charge in [-0.05, 0) is 31.2 Å². The van der Waals surface area contributed by atoms with Gasteiger partial charge in [0.1, 0.15) is 23.3 Å². The number of para-hydroxylation sites is 1. The summed E-state index contributed by atoms with van der Waals surface area (Å²) in [5.74, 6) is -0.504. The zero-order chi connectivity index (χ0) is 23.7. The first kappa shape index (κ1) is 21.3. The number of primary amides is 1. The third-order valence-electron chi connectivity index (χ3n) is 5.01. The van der Waals surface area contributed by atoms with Crippen molar-refractivity contribution in [2.75, 3.05) is 16.8 Å². The molecular formula is C22H19N9O2. The lowest BCUT2D eigenvalue weighted by Gasteiger charge is -2.21. The largest absolute Gasteiger partial charge is 0.382 e. The summed E-state index contributed by atoms with van der Waals surface area (Å²) >= 11 is 0. The van der Waals surface area contributed by atoms with E-state index >= 15 is 0 Å². The van der Waals surface area contributed by atoms with Crippen LogP contribution in [0, 0.1) is 11.3 Å². The van der Waals surface area contributed by atoms with Crippen molar-refractivity contribution in [3.63, 3.8) is 0 Å². The number of benzene rings is 2. The molecule has 0 aliphatic heterocycles. The number of nitrogens with one attached hydrogen (secondary N) is 1. The van der Waals surface area contributed by atoms with Crippen LogP contribution in [0.15, 0.2) is 53.3 Å². The highest BCUT2D eigenvalue weighted by atomic mass is 16.1. The van der Waals surface area contributed by atoms with Crippen molar-refractivity contribution in [1.29, 1.82) is 5.26 Å². The van der Waals surface area contributed by atoms with Gasteiger partial charge in [0.05, 0.1) is 28.2 Å². The van der Waals surface area contributed by atoms with E-state index < -0.39 is 17.5 Å². The molecule has 0 saturated heterocycles. The van der Waals surface area contributed by atoms with E-state index in [0.717, 1.165) is 0 Å². The lowest BCUT2D eigenvalue weighted by molar-refractivity contribution is 0.100. The van der Waals surface area contributed by atoms with Crippen molar-refractivity contribution in [3.05, 3.63) is 75.8 Å². The van der Waals surface area contributed by atoms with E-state index in [4.69, 9.17) is 17.2 Å². The molecule has 0 saturated carbocycles. The van der Waals surface area contributed by atoms with E-state index in [2.05, 4.69) is 20.3 Å². The van der Waals surface area contributed by atoms with Gasteiger partial charge in [-0.3, -0.25) is 14.2 Å². The first-order valence-electron chi connectivity index (χ1n) is 9.82. The van der Waals surface area contributed by atoms with Crippen molar-refractivity contribution in [2.24, 2.45) is 5.73 Å². The molecule has 7 N–H and O–H groups in total. The number of fused-ring (bicyclic) bond motifs is 1. The summed E-state index contributed by atoms with van der Waals surface area (Å²) in [6.45, 7) is 1.74. The van der Waals surface area contributed by atoms with Gasteiger partial charge in [-0.15, -0.1) is 0 Å². The summed E-state index contributed by atoms with van der Waals surface area (Å²) in [7, 11) is 0. The van der Waals surface area contributed by atoms with Gasteiger partial charge < -0.3 is 22.5 Å². The second kappa shape index (κ2) is 8.27. The molecule has 4 aromatic rings. The number of aromatic nitrogens is 4. The molecule has 0 radical (unpaired) electrons. The maximum Gasteiger partial charge on any atom is 0.266 e. The average Bonchev–Trinajstić information content (AvgIpc) is 2.78. The highest BCUT2D eigenvalue weighted by Crippen LogP contribution is 2.25. The van der Waals surface area contributed by atoms with E-state index in [1.54, 1.807) is 43.3 Å².